The van der Waals surface area contributed by atoms with E-state index >= 15 is 0 Å². The number of aliphatic hydroxyl groups excluding tert-OH is 1. The van der Waals surface area contributed by atoms with Crippen LogP contribution < -0.4 is 36.1 Å². The van der Waals surface area contributed by atoms with E-state index in [1.807, 2.05) is 0 Å². The molecular weight excluding hydrogens is 915 g/mol. The SMILES string of the molecule is COc1c(NC(O)c2ccc(NC(=O)c3c(Cl)cc(NC(=O)[C@H](Cc4c[nH]nn4)NC(=O)c4ccc(NC(=O)/C(C)=C/c5ccc(O)cc5)cc4)cc3Cl)c(OC)c2O)ccc(C(=O)O)c1O. The van der Waals surface area contributed by atoms with Crippen LogP contribution in [0.3, 0.4) is 0 Å². The fraction of sp³-hybridized carbons (Fsp3) is 0.133. The van der Waals surface area contributed by atoms with Crippen LogP contribution >= 0.6 is 23.2 Å². The zero-order valence-electron chi connectivity index (χ0n) is 35.3. The first kappa shape index (κ1) is 48.1. The largest absolute Gasteiger partial charge is 0.508 e. The van der Waals surface area contributed by atoms with Crippen LogP contribution in [0.5, 0.6) is 28.7 Å². The second-order valence-corrected chi connectivity index (χ2v) is 15.2. The summed E-state index contributed by atoms with van der Waals surface area (Å²) in [5, 5.41) is 74.2. The number of amides is 4. The number of carbonyl (C=O) groups is 5. The van der Waals surface area contributed by atoms with E-state index < -0.39 is 58.9 Å². The number of anilines is 4. The van der Waals surface area contributed by atoms with Gasteiger partial charge in [-0.3, -0.25) is 24.3 Å². The lowest BCUT2D eigenvalue weighted by Crippen LogP contribution is -2.45. The van der Waals surface area contributed by atoms with E-state index in [1.165, 1.54) is 87.1 Å². The lowest BCUT2D eigenvalue weighted by Gasteiger charge is -2.21. The predicted molar refractivity (Wildman–Crippen MR) is 246 cm³/mol. The Morgan fingerprint density at radius 1 is 0.776 bits per heavy atom. The fourth-order valence-electron chi connectivity index (χ4n) is 6.48. The van der Waals surface area contributed by atoms with Crippen molar-refractivity contribution in [1.82, 2.24) is 20.7 Å². The standard InChI is InChI=1S/C45H40Cl2N8O12/c1-21(16-22-4-10-27(56)11-5-22)40(59)49-24-8-6-23(7-9-24)41(60)53-34(19-26-20-48-55-54-26)43(62)50-25-17-30(46)35(31(47)18-25)44(63)52-33-14-12-28(36(57)38(33)66-2)42(61)51-32-15-13-29(45(64)65)37(58)39(32)67-3/h4-18,20,34,42,51,56-58,61H,19H2,1-3H3,(H,49,59)(H,50,62)(H,52,63)(H,53,60)(H,64,65)(H,48,54,55)/b21-16+/t34-,42?/m0/s1. The van der Waals surface area contributed by atoms with E-state index in [2.05, 4.69) is 42.0 Å². The molecule has 6 rings (SSSR count). The number of nitrogens with zero attached hydrogens (tertiary/aromatic N) is 2. The molecule has 20 nitrogen and oxygen atoms in total. The van der Waals surface area contributed by atoms with Crippen molar-refractivity contribution in [2.75, 3.05) is 35.5 Å². The summed E-state index contributed by atoms with van der Waals surface area (Å²) in [5.41, 5.74) is 1.11. The zero-order chi connectivity index (χ0) is 48.5. The van der Waals surface area contributed by atoms with Crippen LogP contribution in [0.4, 0.5) is 22.7 Å². The number of phenolic OH excluding ortho intramolecular Hbond substituents is 2. The molecule has 0 aliphatic heterocycles. The van der Waals surface area contributed by atoms with Crippen molar-refractivity contribution in [2.45, 2.75) is 25.6 Å². The van der Waals surface area contributed by atoms with Crippen LogP contribution in [0.25, 0.3) is 6.08 Å². The molecule has 0 saturated carbocycles. The Balaban J connectivity index is 1.13. The third kappa shape index (κ3) is 11.5. The molecule has 346 valence electrons. The Hall–Kier alpha value is -8.33. The predicted octanol–water partition coefficient (Wildman–Crippen LogP) is 6.32. The number of hydrogen-bond acceptors (Lipinski definition) is 14. The number of halogens is 2. The monoisotopic (exact) mass is 954 g/mol. The van der Waals surface area contributed by atoms with Crippen molar-refractivity contribution in [2.24, 2.45) is 0 Å². The van der Waals surface area contributed by atoms with Gasteiger partial charge in [-0.05, 0) is 91.4 Å². The van der Waals surface area contributed by atoms with Gasteiger partial charge in [0.25, 0.3) is 17.7 Å². The van der Waals surface area contributed by atoms with Crippen LogP contribution in [-0.4, -0.2) is 90.8 Å². The number of aromatic nitrogens is 3. The molecule has 22 heteroatoms. The van der Waals surface area contributed by atoms with Crippen LogP contribution in [0.2, 0.25) is 10.0 Å². The van der Waals surface area contributed by atoms with Gasteiger partial charge in [-0.2, -0.15) is 0 Å². The second kappa shape index (κ2) is 21.1. The van der Waals surface area contributed by atoms with E-state index in [0.29, 0.717) is 22.5 Å². The second-order valence-electron chi connectivity index (χ2n) is 14.4. The minimum atomic E-state index is -1.68. The maximum absolute atomic E-state index is 13.7. The summed E-state index contributed by atoms with van der Waals surface area (Å²) >= 11 is 13.1. The van der Waals surface area contributed by atoms with E-state index in [-0.39, 0.29) is 67.5 Å². The maximum Gasteiger partial charge on any atom is 0.339 e. The van der Waals surface area contributed by atoms with Crippen LogP contribution in [0, 0.1) is 0 Å². The highest BCUT2D eigenvalue weighted by atomic mass is 35.5. The topological polar surface area (TPSA) is 307 Å². The molecule has 0 aliphatic carbocycles. The van der Waals surface area contributed by atoms with Gasteiger partial charge in [0, 0.05) is 40.7 Å². The number of benzene rings is 5. The Bertz CT molecular complexity index is 2850. The van der Waals surface area contributed by atoms with E-state index in [1.54, 1.807) is 25.1 Å². The number of aromatic carboxylic acids is 1. The minimum Gasteiger partial charge on any atom is -0.508 e. The average Bonchev–Trinajstić information content (AvgIpc) is 3.80. The first-order valence-electron chi connectivity index (χ1n) is 19.6. The number of nitrogens with one attached hydrogen (secondary N) is 6. The molecule has 1 unspecified atom stereocenters. The summed E-state index contributed by atoms with van der Waals surface area (Å²) < 4.78 is 10.5. The van der Waals surface area contributed by atoms with Crippen LogP contribution in [0.1, 0.15) is 61.0 Å². The molecule has 4 amide bonds. The number of carboxylic acids is 1. The van der Waals surface area contributed by atoms with Crippen LogP contribution in [0.15, 0.2) is 96.7 Å². The highest BCUT2D eigenvalue weighted by Gasteiger charge is 2.27. The fourth-order valence-corrected chi connectivity index (χ4v) is 7.14. The minimum absolute atomic E-state index is 0.0216. The normalized spacial score (nSPS) is 12.0. The number of aliphatic hydroxyl groups is 1. The number of aromatic amines is 1. The molecule has 0 radical (unpaired) electrons. The first-order chi connectivity index (χ1) is 32.0. The Morgan fingerprint density at radius 2 is 1.42 bits per heavy atom. The van der Waals surface area contributed by atoms with E-state index in [0.717, 1.165) is 6.07 Å². The molecule has 0 fully saturated rings. The molecule has 11 N–H and O–H groups in total. The molecule has 6 aromatic rings. The number of hydrogen-bond donors (Lipinski definition) is 11. The average molecular weight is 956 g/mol. The van der Waals surface area contributed by atoms with Gasteiger partial charge in [-0.1, -0.05) is 40.5 Å². The quantitative estimate of drug-likeness (QED) is 0.0352. The summed E-state index contributed by atoms with van der Waals surface area (Å²) in [6.07, 6.45) is 1.31. The molecule has 0 aliphatic rings. The van der Waals surface area contributed by atoms with E-state index in [4.69, 9.17) is 32.7 Å². The summed E-state index contributed by atoms with van der Waals surface area (Å²) in [4.78, 5) is 65.0. The van der Waals surface area contributed by atoms with Crippen molar-refractivity contribution in [3.05, 3.63) is 140 Å². The molecule has 1 aromatic heterocycles. The highest BCUT2D eigenvalue weighted by molar-refractivity contribution is 6.41. The summed E-state index contributed by atoms with van der Waals surface area (Å²) in [7, 11) is 2.37. The number of carboxylic acid groups (broad SMARTS) is 1. The van der Waals surface area contributed by atoms with Crippen molar-refractivity contribution < 1.29 is 59.0 Å². The Morgan fingerprint density at radius 3 is 2.03 bits per heavy atom. The molecule has 1 heterocycles. The highest BCUT2D eigenvalue weighted by Crippen LogP contribution is 2.43. The molecule has 0 spiro atoms. The number of rotatable bonds is 17. The summed E-state index contributed by atoms with van der Waals surface area (Å²) in [6.45, 7) is 1.63. The zero-order valence-corrected chi connectivity index (χ0v) is 36.9. The van der Waals surface area contributed by atoms with Gasteiger partial charge < -0.3 is 61.6 Å². The number of aromatic hydroxyl groups is 3. The third-order valence-electron chi connectivity index (χ3n) is 9.85. The van der Waals surface area contributed by atoms with Gasteiger partial charge in [0.2, 0.25) is 5.91 Å². The number of carbonyl (C=O) groups excluding carboxylic acids is 4. The molecule has 67 heavy (non-hydrogen) atoms. The molecular formula is C45H40Cl2N8O12. The molecule has 5 aromatic carbocycles. The third-order valence-corrected chi connectivity index (χ3v) is 10.4. The van der Waals surface area contributed by atoms with Crippen molar-refractivity contribution in [1.29, 1.82) is 0 Å². The smallest absolute Gasteiger partial charge is 0.339 e. The molecule has 0 saturated heterocycles. The molecule has 0 bridgehead atoms. The van der Waals surface area contributed by atoms with Gasteiger partial charge in [-0.25, -0.2) is 4.79 Å². The van der Waals surface area contributed by atoms with Crippen molar-refractivity contribution >= 4 is 81.6 Å². The number of phenols is 3. The maximum atomic E-state index is 13.7. The Labute approximate surface area is 390 Å². The number of H-pyrrole nitrogens is 1. The lowest BCUT2D eigenvalue weighted by atomic mass is 10.1. The summed E-state index contributed by atoms with van der Waals surface area (Å²) in [5.74, 6) is -5.81. The number of methoxy groups -OCH3 is 2. The summed E-state index contributed by atoms with van der Waals surface area (Å²) in [6, 6.07) is 18.4. The Kier molecular flexibility index (Phi) is 15.2. The molecule has 2 atom stereocenters. The van der Waals surface area contributed by atoms with Gasteiger partial charge in [0.05, 0.1) is 46.9 Å². The van der Waals surface area contributed by atoms with Gasteiger partial charge >= 0.3 is 5.97 Å². The van der Waals surface area contributed by atoms with Gasteiger partial charge in [0.1, 0.15) is 17.4 Å². The van der Waals surface area contributed by atoms with E-state index in [9.17, 15) is 49.5 Å². The van der Waals surface area contributed by atoms with Crippen molar-refractivity contribution in [3.63, 3.8) is 0 Å². The van der Waals surface area contributed by atoms with Crippen molar-refractivity contribution in [3.8, 4) is 28.7 Å². The lowest BCUT2D eigenvalue weighted by molar-refractivity contribution is -0.118. The number of ether oxygens (including phenoxy) is 2. The van der Waals surface area contributed by atoms with Gasteiger partial charge in [-0.15, -0.1) is 5.10 Å². The van der Waals surface area contributed by atoms with Gasteiger partial charge in [0.15, 0.2) is 29.2 Å². The first-order valence-corrected chi connectivity index (χ1v) is 20.4. The van der Waals surface area contributed by atoms with Crippen LogP contribution in [-0.2, 0) is 16.0 Å².